The Morgan fingerprint density at radius 1 is 0.974 bits per heavy atom. The van der Waals surface area contributed by atoms with Crippen molar-refractivity contribution in [2.45, 2.75) is 20.0 Å². The first-order chi connectivity index (χ1) is 18.3. The molecule has 5 rings (SSSR count). The van der Waals surface area contributed by atoms with Gasteiger partial charge in [-0.05, 0) is 67.4 Å². The van der Waals surface area contributed by atoms with E-state index in [4.69, 9.17) is 9.47 Å². The van der Waals surface area contributed by atoms with E-state index in [1.165, 1.54) is 11.4 Å². The molecule has 0 radical (unpaired) electrons. The van der Waals surface area contributed by atoms with Crippen LogP contribution in [0.1, 0.15) is 28.0 Å². The van der Waals surface area contributed by atoms with Crippen molar-refractivity contribution in [1.29, 1.82) is 0 Å². The SMILES string of the molecule is COC(=O)c1cc(N2CCCS2(=O)=O)cc(-n2c(C)ccc2-c2cc(Br)ccc2OCc2ccccc2)c1. The monoisotopic (exact) mass is 594 g/mol. The number of aromatic nitrogens is 1. The van der Waals surface area contributed by atoms with Crippen LogP contribution in [0.5, 0.6) is 5.75 Å². The summed E-state index contributed by atoms with van der Waals surface area (Å²) in [6, 6.07) is 24.8. The Kier molecular flexibility index (Phi) is 7.32. The van der Waals surface area contributed by atoms with Gasteiger partial charge < -0.3 is 14.0 Å². The maximum Gasteiger partial charge on any atom is 0.337 e. The summed E-state index contributed by atoms with van der Waals surface area (Å²) in [6.07, 6.45) is 0.536. The molecule has 0 unspecified atom stereocenters. The van der Waals surface area contributed by atoms with E-state index in [1.54, 1.807) is 18.2 Å². The lowest BCUT2D eigenvalue weighted by Gasteiger charge is -2.21. The van der Waals surface area contributed by atoms with Crippen molar-refractivity contribution in [1.82, 2.24) is 4.57 Å². The quantitative estimate of drug-likeness (QED) is 0.241. The van der Waals surface area contributed by atoms with Gasteiger partial charge in [0, 0.05) is 28.0 Å². The highest BCUT2D eigenvalue weighted by atomic mass is 79.9. The van der Waals surface area contributed by atoms with Gasteiger partial charge in [0.05, 0.1) is 29.8 Å². The highest BCUT2D eigenvalue weighted by Crippen LogP contribution is 2.37. The van der Waals surface area contributed by atoms with Crippen molar-refractivity contribution in [2.75, 3.05) is 23.7 Å². The van der Waals surface area contributed by atoms with E-state index in [2.05, 4.69) is 15.9 Å². The van der Waals surface area contributed by atoms with Gasteiger partial charge in [0.1, 0.15) is 12.4 Å². The van der Waals surface area contributed by atoms with E-state index >= 15 is 0 Å². The van der Waals surface area contributed by atoms with Crippen LogP contribution in [-0.2, 0) is 21.4 Å². The summed E-state index contributed by atoms with van der Waals surface area (Å²) in [5.41, 5.74) is 5.01. The summed E-state index contributed by atoms with van der Waals surface area (Å²) < 4.78 is 40.9. The second-order valence-corrected chi connectivity index (χ2v) is 12.0. The molecular weight excluding hydrogens is 568 g/mol. The first kappa shape index (κ1) is 26.1. The number of carbonyl (C=O) groups excluding carboxylic acids is 1. The van der Waals surface area contributed by atoms with Crippen LogP contribution in [0.2, 0.25) is 0 Å². The van der Waals surface area contributed by atoms with Gasteiger partial charge in [0.2, 0.25) is 10.0 Å². The average Bonchev–Trinajstić information content (AvgIpc) is 3.48. The number of sulfonamides is 1. The van der Waals surface area contributed by atoms with E-state index in [-0.39, 0.29) is 11.3 Å². The third-order valence-electron chi connectivity index (χ3n) is 6.50. The minimum Gasteiger partial charge on any atom is -0.488 e. The third kappa shape index (κ3) is 5.21. The second kappa shape index (κ2) is 10.7. The van der Waals surface area contributed by atoms with Crippen molar-refractivity contribution >= 4 is 37.6 Å². The van der Waals surface area contributed by atoms with Gasteiger partial charge in [-0.1, -0.05) is 46.3 Å². The summed E-state index contributed by atoms with van der Waals surface area (Å²) in [5, 5.41) is 0. The minimum atomic E-state index is -3.45. The Bertz CT molecular complexity index is 1600. The predicted octanol–water partition coefficient (Wildman–Crippen LogP) is 6.12. The Morgan fingerprint density at radius 2 is 1.74 bits per heavy atom. The maximum atomic E-state index is 12.7. The number of methoxy groups -OCH3 is 1. The zero-order chi connectivity index (χ0) is 26.9. The van der Waals surface area contributed by atoms with Crippen molar-refractivity contribution in [2.24, 2.45) is 0 Å². The number of esters is 1. The molecule has 0 saturated carbocycles. The molecular formula is C29H27BrN2O5S. The number of hydrogen-bond donors (Lipinski definition) is 0. The molecule has 2 heterocycles. The molecule has 0 N–H and O–H groups in total. The van der Waals surface area contributed by atoms with Gasteiger partial charge in [-0.2, -0.15) is 0 Å². The van der Waals surface area contributed by atoms with Gasteiger partial charge in [-0.3, -0.25) is 4.31 Å². The number of nitrogens with zero attached hydrogens (tertiary/aromatic N) is 2. The molecule has 7 nitrogen and oxygen atoms in total. The van der Waals surface area contributed by atoms with Crippen LogP contribution >= 0.6 is 15.9 Å². The summed E-state index contributed by atoms with van der Waals surface area (Å²) in [6.45, 7) is 2.74. The van der Waals surface area contributed by atoms with E-state index in [9.17, 15) is 13.2 Å². The number of halogens is 1. The third-order valence-corrected chi connectivity index (χ3v) is 8.86. The van der Waals surface area contributed by atoms with E-state index in [0.717, 1.165) is 27.0 Å². The molecule has 1 aliphatic rings. The van der Waals surface area contributed by atoms with Crippen LogP contribution in [-0.4, -0.2) is 38.4 Å². The fourth-order valence-electron chi connectivity index (χ4n) is 4.69. The molecule has 0 amide bonds. The molecule has 1 saturated heterocycles. The maximum absolute atomic E-state index is 12.7. The van der Waals surface area contributed by atoms with Gasteiger partial charge in [-0.25, -0.2) is 13.2 Å². The Balaban J connectivity index is 1.63. The number of carbonyl (C=O) groups is 1. The van der Waals surface area contributed by atoms with Crippen LogP contribution < -0.4 is 9.04 Å². The lowest BCUT2D eigenvalue weighted by Crippen LogP contribution is -2.25. The topological polar surface area (TPSA) is 77.8 Å². The van der Waals surface area contributed by atoms with Crippen molar-refractivity contribution in [3.8, 4) is 22.7 Å². The lowest BCUT2D eigenvalue weighted by molar-refractivity contribution is 0.0600. The van der Waals surface area contributed by atoms with Gasteiger partial charge in [-0.15, -0.1) is 0 Å². The summed E-state index contributed by atoms with van der Waals surface area (Å²) in [7, 11) is -2.14. The fourth-order valence-corrected chi connectivity index (χ4v) is 6.60. The smallest absolute Gasteiger partial charge is 0.337 e. The first-order valence-corrected chi connectivity index (χ1v) is 14.6. The summed E-state index contributed by atoms with van der Waals surface area (Å²) in [5.74, 6) is 0.243. The highest BCUT2D eigenvalue weighted by molar-refractivity contribution is 9.10. The number of benzene rings is 3. The van der Waals surface area contributed by atoms with Crippen LogP contribution in [0, 0.1) is 6.92 Å². The molecule has 196 valence electrons. The van der Waals surface area contributed by atoms with Crippen LogP contribution in [0.15, 0.2) is 83.3 Å². The van der Waals surface area contributed by atoms with Crippen LogP contribution in [0.4, 0.5) is 5.69 Å². The predicted molar refractivity (Wildman–Crippen MR) is 152 cm³/mol. The average molecular weight is 596 g/mol. The Hall–Kier alpha value is -3.56. The normalized spacial score (nSPS) is 14.4. The number of ether oxygens (including phenoxy) is 2. The fraction of sp³-hybridized carbons (Fsp3) is 0.207. The van der Waals surface area contributed by atoms with E-state index in [0.29, 0.717) is 36.7 Å². The van der Waals surface area contributed by atoms with E-state index < -0.39 is 16.0 Å². The van der Waals surface area contributed by atoms with Crippen LogP contribution in [0.25, 0.3) is 16.9 Å². The lowest BCUT2D eigenvalue weighted by atomic mass is 10.1. The van der Waals surface area contributed by atoms with Crippen molar-refractivity contribution < 1.29 is 22.7 Å². The zero-order valence-corrected chi connectivity index (χ0v) is 23.5. The molecule has 0 aliphatic carbocycles. The number of aryl methyl sites for hydroxylation is 1. The number of rotatable bonds is 7. The Morgan fingerprint density at radius 3 is 2.45 bits per heavy atom. The molecule has 1 aliphatic heterocycles. The molecule has 9 heteroatoms. The zero-order valence-electron chi connectivity index (χ0n) is 21.1. The molecule has 0 atom stereocenters. The molecule has 0 bridgehead atoms. The molecule has 0 spiro atoms. The minimum absolute atomic E-state index is 0.0821. The van der Waals surface area contributed by atoms with Crippen LogP contribution in [0.3, 0.4) is 0 Å². The van der Waals surface area contributed by atoms with Crippen molar-refractivity contribution in [3.63, 3.8) is 0 Å². The molecule has 1 aromatic heterocycles. The molecule has 3 aromatic carbocycles. The highest BCUT2D eigenvalue weighted by Gasteiger charge is 2.30. The van der Waals surface area contributed by atoms with Gasteiger partial charge in [0.25, 0.3) is 0 Å². The summed E-state index contributed by atoms with van der Waals surface area (Å²) in [4.78, 5) is 12.6. The molecule has 38 heavy (non-hydrogen) atoms. The molecule has 1 fully saturated rings. The Labute approximate surface area is 230 Å². The first-order valence-electron chi connectivity index (χ1n) is 12.2. The molecule has 4 aromatic rings. The number of anilines is 1. The largest absolute Gasteiger partial charge is 0.488 e. The van der Waals surface area contributed by atoms with E-state index in [1.807, 2.05) is 72.2 Å². The second-order valence-electron chi connectivity index (χ2n) is 9.08. The standard InChI is InChI=1S/C29H27BrN2O5S/c1-20-9-11-27(26-17-23(30)10-12-28(26)37-19-21-7-4-3-5-8-21)32(20)25-16-22(29(33)36-2)15-24(18-25)31-13-6-14-38(31,34)35/h3-5,7-12,15-18H,6,13-14,19H2,1-2H3. The number of hydrogen-bond acceptors (Lipinski definition) is 5. The van der Waals surface area contributed by atoms with Gasteiger partial charge in [0.15, 0.2) is 0 Å². The van der Waals surface area contributed by atoms with Crippen molar-refractivity contribution in [3.05, 3.63) is 100 Å². The summed E-state index contributed by atoms with van der Waals surface area (Å²) >= 11 is 3.59. The van der Waals surface area contributed by atoms with Gasteiger partial charge >= 0.3 is 5.97 Å².